The van der Waals surface area contributed by atoms with Gasteiger partial charge in [-0.3, -0.25) is 14.5 Å². The molecule has 3 aliphatic heterocycles. The number of methoxy groups -OCH3 is 1. The predicted octanol–water partition coefficient (Wildman–Crippen LogP) is -0.179. The fourth-order valence-corrected chi connectivity index (χ4v) is 4.53. The summed E-state index contributed by atoms with van der Waals surface area (Å²) in [5.74, 6) is 0.288. The maximum absolute atomic E-state index is 12.9. The molecule has 0 radical (unpaired) electrons. The average molecular weight is 383 g/mol. The summed E-state index contributed by atoms with van der Waals surface area (Å²) in [6.07, 6.45) is 2.80. The van der Waals surface area contributed by atoms with E-state index in [1.165, 1.54) is 0 Å². The number of hydrogen-bond acceptors (Lipinski definition) is 6. The van der Waals surface area contributed by atoms with Crippen molar-refractivity contribution in [1.29, 1.82) is 0 Å². The van der Waals surface area contributed by atoms with E-state index in [2.05, 4.69) is 11.9 Å². The van der Waals surface area contributed by atoms with Gasteiger partial charge in [0.05, 0.1) is 32.5 Å². The van der Waals surface area contributed by atoms with Crippen molar-refractivity contribution in [3.63, 3.8) is 0 Å². The number of carbonyl (C=O) groups is 2. The summed E-state index contributed by atoms with van der Waals surface area (Å²) in [5.41, 5.74) is 0.148. The number of piperidine rings is 1. The highest BCUT2D eigenvalue weighted by molar-refractivity contribution is 5.82. The van der Waals surface area contributed by atoms with Gasteiger partial charge in [-0.05, 0) is 31.7 Å². The van der Waals surface area contributed by atoms with Gasteiger partial charge in [-0.2, -0.15) is 0 Å². The van der Waals surface area contributed by atoms with Crippen molar-refractivity contribution < 1.29 is 23.8 Å². The van der Waals surface area contributed by atoms with Crippen LogP contribution in [0.3, 0.4) is 0 Å². The second-order valence-corrected chi connectivity index (χ2v) is 8.00. The lowest BCUT2D eigenvalue weighted by Crippen LogP contribution is -2.48. The molecule has 0 aliphatic carbocycles. The Kier molecular flexibility index (Phi) is 7.08. The lowest BCUT2D eigenvalue weighted by atomic mass is 9.76. The highest BCUT2D eigenvalue weighted by Crippen LogP contribution is 2.43. The Labute approximate surface area is 161 Å². The van der Waals surface area contributed by atoms with Crippen LogP contribution in [0.1, 0.15) is 19.3 Å². The van der Waals surface area contributed by atoms with E-state index >= 15 is 0 Å². The SMILES string of the molecule is COCCOCC(=O)N1CCC2(CC1)CC(C(=O)N1CCOCC1)N(C)C2. The van der Waals surface area contributed by atoms with E-state index in [1.54, 1.807) is 7.11 Å². The van der Waals surface area contributed by atoms with E-state index in [-0.39, 0.29) is 29.9 Å². The van der Waals surface area contributed by atoms with Crippen LogP contribution in [0.15, 0.2) is 0 Å². The zero-order chi connectivity index (χ0) is 19.3. The molecule has 3 aliphatic rings. The molecule has 1 spiro atoms. The quantitative estimate of drug-likeness (QED) is 0.593. The van der Waals surface area contributed by atoms with Crippen molar-refractivity contribution in [2.24, 2.45) is 5.41 Å². The standard InChI is InChI=1S/C19H33N3O5/c1-20-15-19(13-16(20)18(24)22-7-9-26-10-8-22)3-5-21(6-4-19)17(23)14-27-12-11-25-2/h16H,3-15H2,1-2H3. The molecule has 154 valence electrons. The number of ether oxygens (including phenoxy) is 3. The first kappa shape index (κ1) is 20.5. The number of amides is 2. The average Bonchev–Trinajstić information content (AvgIpc) is 3.01. The van der Waals surface area contributed by atoms with Crippen LogP contribution < -0.4 is 0 Å². The number of rotatable bonds is 6. The van der Waals surface area contributed by atoms with E-state index in [0.717, 1.165) is 38.9 Å². The molecule has 0 aromatic rings. The third-order valence-corrected chi connectivity index (χ3v) is 6.19. The van der Waals surface area contributed by atoms with Crippen LogP contribution in [0.25, 0.3) is 0 Å². The molecule has 0 aromatic heterocycles. The summed E-state index contributed by atoms with van der Waals surface area (Å²) in [5, 5.41) is 0. The largest absolute Gasteiger partial charge is 0.382 e. The van der Waals surface area contributed by atoms with Crippen molar-refractivity contribution in [1.82, 2.24) is 14.7 Å². The van der Waals surface area contributed by atoms with Crippen molar-refractivity contribution in [2.45, 2.75) is 25.3 Å². The Morgan fingerprint density at radius 3 is 2.44 bits per heavy atom. The van der Waals surface area contributed by atoms with Crippen LogP contribution >= 0.6 is 0 Å². The van der Waals surface area contributed by atoms with Crippen LogP contribution in [0.4, 0.5) is 0 Å². The van der Waals surface area contributed by atoms with E-state index < -0.39 is 0 Å². The fourth-order valence-electron chi connectivity index (χ4n) is 4.53. The van der Waals surface area contributed by atoms with Gasteiger partial charge in [-0.1, -0.05) is 0 Å². The van der Waals surface area contributed by atoms with Gasteiger partial charge in [0.15, 0.2) is 0 Å². The van der Waals surface area contributed by atoms with E-state index in [9.17, 15) is 9.59 Å². The topological polar surface area (TPSA) is 71.5 Å². The third kappa shape index (κ3) is 4.99. The van der Waals surface area contributed by atoms with Gasteiger partial charge in [-0.25, -0.2) is 0 Å². The molecule has 0 saturated carbocycles. The normalized spacial score (nSPS) is 25.9. The van der Waals surface area contributed by atoms with Gasteiger partial charge in [0, 0.05) is 39.8 Å². The molecule has 3 rings (SSSR count). The van der Waals surface area contributed by atoms with Gasteiger partial charge >= 0.3 is 0 Å². The first-order valence-corrected chi connectivity index (χ1v) is 9.96. The molecule has 0 N–H and O–H groups in total. The van der Waals surface area contributed by atoms with Gasteiger partial charge in [-0.15, -0.1) is 0 Å². The van der Waals surface area contributed by atoms with Crippen LogP contribution in [0, 0.1) is 5.41 Å². The maximum atomic E-state index is 12.9. The van der Waals surface area contributed by atoms with Crippen molar-refractivity contribution in [2.75, 3.05) is 79.9 Å². The molecular formula is C19H33N3O5. The highest BCUT2D eigenvalue weighted by Gasteiger charge is 2.47. The van der Waals surface area contributed by atoms with Crippen LogP contribution in [0.5, 0.6) is 0 Å². The summed E-state index contributed by atoms with van der Waals surface area (Å²) in [4.78, 5) is 31.3. The van der Waals surface area contributed by atoms with E-state index in [0.29, 0.717) is 39.5 Å². The third-order valence-electron chi connectivity index (χ3n) is 6.19. The molecule has 2 amide bonds. The minimum absolute atomic E-state index is 0.0391. The summed E-state index contributed by atoms with van der Waals surface area (Å²) < 4.78 is 15.6. The second-order valence-electron chi connectivity index (χ2n) is 8.00. The molecule has 0 bridgehead atoms. The van der Waals surface area contributed by atoms with Gasteiger partial charge in [0.1, 0.15) is 6.61 Å². The molecule has 1 atom stereocenters. The molecule has 3 heterocycles. The number of nitrogens with zero attached hydrogens (tertiary/aromatic N) is 3. The molecule has 3 fully saturated rings. The number of likely N-dealkylation sites (tertiary alicyclic amines) is 2. The number of likely N-dealkylation sites (N-methyl/N-ethyl adjacent to an activating group) is 1. The number of carbonyl (C=O) groups excluding carboxylic acids is 2. The summed E-state index contributed by atoms with van der Waals surface area (Å²) >= 11 is 0. The molecule has 3 saturated heterocycles. The minimum atomic E-state index is -0.0391. The van der Waals surface area contributed by atoms with Crippen molar-refractivity contribution >= 4 is 11.8 Å². The van der Waals surface area contributed by atoms with Crippen molar-refractivity contribution in [3.05, 3.63) is 0 Å². The van der Waals surface area contributed by atoms with E-state index in [4.69, 9.17) is 14.2 Å². The fraction of sp³-hybridized carbons (Fsp3) is 0.895. The first-order chi connectivity index (χ1) is 13.0. The Morgan fingerprint density at radius 1 is 1.07 bits per heavy atom. The Balaban J connectivity index is 1.48. The summed E-state index contributed by atoms with van der Waals surface area (Å²) in [7, 11) is 3.67. The van der Waals surface area contributed by atoms with Crippen molar-refractivity contribution in [3.8, 4) is 0 Å². The van der Waals surface area contributed by atoms with Gasteiger partial charge in [0.2, 0.25) is 11.8 Å². The first-order valence-electron chi connectivity index (χ1n) is 9.96. The molecular weight excluding hydrogens is 350 g/mol. The molecule has 27 heavy (non-hydrogen) atoms. The highest BCUT2D eigenvalue weighted by atomic mass is 16.5. The van der Waals surface area contributed by atoms with Gasteiger partial charge < -0.3 is 24.0 Å². The Bertz CT molecular complexity index is 515. The number of hydrogen-bond donors (Lipinski definition) is 0. The van der Waals surface area contributed by atoms with Gasteiger partial charge in [0.25, 0.3) is 0 Å². The summed E-state index contributed by atoms with van der Waals surface area (Å²) in [6.45, 7) is 6.15. The monoisotopic (exact) mass is 383 g/mol. The molecule has 0 aromatic carbocycles. The van der Waals surface area contributed by atoms with Crippen LogP contribution in [-0.4, -0.2) is 112 Å². The lowest BCUT2D eigenvalue weighted by Gasteiger charge is -2.39. The minimum Gasteiger partial charge on any atom is -0.382 e. The van der Waals surface area contributed by atoms with Crippen LogP contribution in [0.2, 0.25) is 0 Å². The Hall–Kier alpha value is -1.22. The smallest absolute Gasteiger partial charge is 0.248 e. The second kappa shape index (κ2) is 9.32. The molecule has 8 nitrogen and oxygen atoms in total. The van der Waals surface area contributed by atoms with Crippen LogP contribution in [-0.2, 0) is 23.8 Å². The maximum Gasteiger partial charge on any atom is 0.248 e. The summed E-state index contributed by atoms with van der Waals surface area (Å²) in [6, 6.07) is -0.0391. The molecule has 1 unspecified atom stereocenters. The Morgan fingerprint density at radius 2 is 1.78 bits per heavy atom. The number of morpholine rings is 1. The van der Waals surface area contributed by atoms with E-state index in [1.807, 2.05) is 9.80 Å². The zero-order valence-electron chi connectivity index (χ0n) is 16.7. The molecule has 8 heteroatoms. The predicted molar refractivity (Wildman–Crippen MR) is 99.4 cm³/mol. The zero-order valence-corrected chi connectivity index (χ0v) is 16.7. The lowest BCUT2D eigenvalue weighted by molar-refractivity contribution is -0.140.